The zero-order chi connectivity index (χ0) is 55.0. The summed E-state index contributed by atoms with van der Waals surface area (Å²) in [5, 5.41) is 0. The topological polar surface area (TPSA) is 78.9 Å². The van der Waals surface area contributed by atoms with Gasteiger partial charge in [-0.2, -0.15) is 0 Å². The van der Waals surface area contributed by atoms with Crippen molar-refractivity contribution in [3.05, 3.63) is 97.2 Å². The van der Waals surface area contributed by atoms with Gasteiger partial charge in [0.05, 0.1) is 0 Å². The van der Waals surface area contributed by atoms with E-state index in [1.807, 2.05) is 0 Å². The molecular weight excluding hydrogens is 937 g/mol. The van der Waals surface area contributed by atoms with Gasteiger partial charge in [-0.15, -0.1) is 0 Å². The lowest BCUT2D eigenvalue weighted by Gasteiger charge is -2.18. The van der Waals surface area contributed by atoms with Crippen LogP contribution in [0.2, 0.25) is 0 Å². The van der Waals surface area contributed by atoms with Crippen LogP contribution in [-0.2, 0) is 28.6 Å². The zero-order valence-corrected chi connectivity index (χ0v) is 50.0. The van der Waals surface area contributed by atoms with E-state index < -0.39 is 6.10 Å². The molecule has 0 aromatic heterocycles. The van der Waals surface area contributed by atoms with Crippen LogP contribution in [0.1, 0.15) is 310 Å². The molecule has 0 N–H and O–H groups in total. The maximum absolute atomic E-state index is 12.9. The molecule has 0 aliphatic rings. The normalized spacial score (nSPS) is 12.7. The molecule has 0 saturated heterocycles. The SMILES string of the molecule is CC/C=C\C/C=C\C/C=C\C/C=C\C/C=C\CCCCCCCCCCCC(=O)OCC(COC(=O)CCCCCCC/C=C\C/C=C\CCCCCC)OC(=O)CCCCCCCCC/C=C\CCCCCCCC. The molecule has 0 fully saturated rings. The fraction of sp³-hybridized carbons (Fsp3) is 0.729. The number of unbranched alkanes of at least 4 members (excludes halogenated alkanes) is 31. The van der Waals surface area contributed by atoms with E-state index >= 15 is 0 Å². The van der Waals surface area contributed by atoms with E-state index in [0.717, 1.165) is 116 Å². The minimum Gasteiger partial charge on any atom is -0.462 e. The maximum atomic E-state index is 12.9. The number of carbonyl (C=O) groups excluding carboxylic acids is 3. The molecule has 0 heterocycles. The molecule has 6 nitrogen and oxygen atoms in total. The third kappa shape index (κ3) is 61.2. The van der Waals surface area contributed by atoms with Crippen molar-refractivity contribution in [1.82, 2.24) is 0 Å². The summed E-state index contributed by atoms with van der Waals surface area (Å²) >= 11 is 0. The standard InChI is InChI=1S/C70H120O6/c1-4-7-10-13-16-19-22-25-28-31-32-33-34-35-36-37-38-40-42-45-48-51-54-57-60-63-69(72)75-66-67(65-74-68(71)62-59-56-53-50-47-44-41-30-27-24-21-18-15-12-9-6-3)76-70(73)64-61-58-55-52-49-46-43-39-29-26-23-20-17-14-11-8-5-2/h7,10,16,19,21,24-26,28-30,32-33,35-36,41,67H,4-6,8-9,11-15,17-18,20,22-23,27,31,34,37-40,42-66H2,1-3H3/b10-7-,19-16-,24-21-,28-25-,29-26-,33-32-,36-35-,41-30-. The number of hydrogen-bond donors (Lipinski definition) is 0. The molecule has 0 aromatic rings. The van der Waals surface area contributed by atoms with E-state index in [2.05, 4.69) is 118 Å². The fourth-order valence-corrected chi connectivity index (χ4v) is 8.97. The van der Waals surface area contributed by atoms with E-state index in [1.54, 1.807) is 0 Å². The predicted molar refractivity (Wildman–Crippen MR) is 330 cm³/mol. The number of carbonyl (C=O) groups is 3. The van der Waals surface area contributed by atoms with Crippen molar-refractivity contribution in [3.63, 3.8) is 0 Å². The van der Waals surface area contributed by atoms with Gasteiger partial charge in [0.1, 0.15) is 13.2 Å². The first-order valence-electron chi connectivity index (χ1n) is 32.2. The Balaban J connectivity index is 4.38. The van der Waals surface area contributed by atoms with E-state index in [9.17, 15) is 14.4 Å². The molecule has 0 spiro atoms. The first kappa shape index (κ1) is 72.3. The minimum atomic E-state index is -0.790. The molecule has 6 heteroatoms. The van der Waals surface area contributed by atoms with Crippen molar-refractivity contribution < 1.29 is 28.6 Å². The Morgan fingerprint density at radius 2 is 0.513 bits per heavy atom. The van der Waals surface area contributed by atoms with E-state index in [0.29, 0.717) is 19.3 Å². The number of hydrogen-bond acceptors (Lipinski definition) is 6. The van der Waals surface area contributed by atoms with Gasteiger partial charge in [-0.05, 0) is 122 Å². The van der Waals surface area contributed by atoms with Crippen molar-refractivity contribution in [2.75, 3.05) is 13.2 Å². The van der Waals surface area contributed by atoms with Crippen molar-refractivity contribution in [1.29, 1.82) is 0 Å². The molecular formula is C70H120O6. The molecule has 0 bridgehead atoms. The van der Waals surface area contributed by atoms with Crippen LogP contribution in [0, 0.1) is 0 Å². The monoisotopic (exact) mass is 1060 g/mol. The highest BCUT2D eigenvalue weighted by Gasteiger charge is 2.19. The summed E-state index contributed by atoms with van der Waals surface area (Å²) in [6.45, 7) is 6.51. The van der Waals surface area contributed by atoms with Crippen LogP contribution in [0.5, 0.6) is 0 Å². The van der Waals surface area contributed by atoms with Crippen LogP contribution in [0.25, 0.3) is 0 Å². The van der Waals surface area contributed by atoms with Crippen LogP contribution in [0.15, 0.2) is 97.2 Å². The lowest BCUT2D eigenvalue weighted by molar-refractivity contribution is -0.167. The molecule has 76 heavy (non-hydrogen) atoms. The van der Waals surface area contributed by atoms with Crippen molar-refractivity contribution in [2.45, 2.75) is 316 Å². The highest BCUT2D eigenvalue weighted by molar-refractivity contribution is 5.71. The summed E-state index contributed by atoms with van der Waals surface area (Å²) in [6, 6.07) is 0. The number of ether oxygens (including phenoxy) is 3. The molecule has 436 valence electrons. The van der Waals surface area contributed by atoms with Gasteiger partial charge in [0.15, 0.2) is 6.10 Å². The molecule has 0 amide bonds. The van der Waals surface area contributed by atoms with Gasteiger partial charge in [-0.1, -0.05) is 266 Å². The molecule has 1 unspecified atom stereocenters. The smallest absolute Gasteiger partial charge is 0.306 e. The van der Waals surface area contributed by atoms with Gasteiger partial charge in [0.2, 0.25) is 0 Å². The van der Waals surface area contributed by atoms with Crippen molar-refractivity contribution in [2.24, 2.45) is 0 Å². The summed E-state index contributed by atoms with van der Waals surface area (Å²) in [5.41, 5.74) is 0. The first-order chi connectivity index (χ1) is 37.5. The Hall–Kier alpha value is -3.67. The summed E-state index contributed by atoms with van der Waals surface area (Å²) in [5.74, 6) is -0.900. The second kappa shape index (κ2) is 63.9. The largest absolute Gasteiger partial charge is 0.462 e. The third-order valence-corrected chi connectivity index (χ3v) is 13.8. The Bertz CT molecular complexity index is 1490. The Morgan fingerprint density at radius 3 is 0.829 bits per heavy atom. The second-order valence-corrected chi connectivity index (χ2v) is 21.3. The molecule has 0 rings (SSSR count). The van der Waals surface area contributed by atoms with Gasteiger partial charge in [-0.25, -0.2) is 0 Å². The fourth-order valence-electron chi connectivity index (χ4n) is 8.97. The lowest BCUT2D eigenvalue weighted by Crippen LogP contribution is -2.30. The van der Waals surface area contributed by atoms with Gasteiger partial charge in [0.25, 0.3) is 0 Å². The van der Waals surface area contributed by atoms with Crippen LogP contribution in [0.3, 0.4) is 0 Å². The highest BCUT2D eigenvalue weighted by atomic mass is 16.6. The van der Waals surface area contributed by atoms with E-state index in [4.69, 9.17) is 14.2 Å². The molecule has 0 aliphatic heterocycles. The summed E-state index contributed by atoms with van der Waals surface area (Å²) in [4.78, 5) is 38.3. The van der Waals surface area contributed by atoms with E-state index in [1.165, 1.54) is 154 Å². The van der Waals surface area contributed by atoms with Gasteiger partial charge >= 0.3 is 17.9 Å². The van der Waals surface area contributed by atoms with Gasteiger partial charge in [0, 0.05) is 19.3 Å². The minimum absolute atomic E-state index is 0.0864. The highest BCUT2D eigenvalue weighted by Crippen LogP contribution is 2.16. The number of allylic oxidation sites excluding steroid dienone is 16. The first-order valence-corrected chi connectivity index (χ1v) is 32.2. The summed E-state index contributed by atoms with van der Waals surface area (Å²) in [6.07, 6.45) is 85.5. The Morgan fingerprint density at radius 1 is 0.276 bits per heavy atom. The number of rotatable bonds is 58. The molecule has 0 aliphatic carbocycles. The van der Waals surface area contributed by atoms with E-state index in [-0.39, 0.29) is 31.1 Å². The third-order valence-electron chi connectivity index (χ3n) is 13.8. The Labute approximate surface area is 470 Å². The molecule has 0 radical (unpaired) electrons. The van der Waals surface area contributed by atoms with Crippen LogP contribution in [0.4, 0.5) is 0 Å². The Kier molecular flexibility index (Phi) is 60.8. The van der Waals surface area contributed by atoms with Crippen molar-refractivity contribution in [3.8, 4) is 0 Å². The predicted octanol–water partition coefficient (Wildman–Crippen LogP) is 22.0. The summed E-state index contributed by atoms with van der Waals surface area (Å²) in [7, 11) is 0. The summed E-state index contributed by atoms with van der Waals surface area (Å²) < 4.78 is 16.9. The average Bonchev–Trinajstić information content (AvgIpc) is 3.42. The van der Waals surface area contributed by atoms with Crippen LogP contribution < -0.4 is 0 Å². The molecule has 0 saturated carbocycles. The quantitative estimate of drug-likeness (QED) is 0.0261. The van der Waals surface area contributed by atoms with Gasteiger partial charge < -0.3 is 14.2 Å². The molecule has 0 aromatic carbocycles. The maximum Gasteiger partial charge on any atom is 0.306 e. The molecule has 1 atom stereocenters. The van der Waals surface area contributed by atoms with Crippen LogP contribution >= 0.6 is 0 Å². The van der Waals surface area contributed by atoms with Crippen molar-refractivity contribution >= 4 is 17.9 Å². The second-order valence-electron chi connectivity index (χ2n) is 21.3. The van der Waals surface area contributed by atoms with Gasteiger partial charge in [-0.3, -0.25) is 14.4 Å². The lowest BCUT2D eigenvalue weighted by atomic mass is 10.1. The number of esters is 3. The average molecular weight is 1060 g/mol. The van der Waals surface area contributed by atoms with Crippen LogP contribution in [-0.4, -0.2) is 37.2 Å². The zero-order valence-electron chi connectivity index (χ0n) is 50.0.